The van der Waals surface area contributed by atoms with E-state index in [4.69, 9.17) is 24.2 Å². The molecule has 43 heavy (non-hydrogen) atoms. The molecule has 1 N–H and O–H groups in total. The van der Waals surface area contributed by atoms with Crippen molar-refractivity contribution in [3.05, 3.63) is 60.7 Å². The molecule has 1 aliphatic rings. The fourth-order valence-corrected chi connectivity index (χ4v) is 4.95. The maximum Gasteiger partial charge on any atom is 0.408 e. The standard InChI is InChI=1S/C33H40N4O6/c1-9-20-13-12-14-21(17-20)26-28(35-24-16-11-10-15-23(24)34-26)42-22-18-25(30(39)41-8)37(19-22)29(38)27(32(2,3)4)36-31(40)43-33(5,6)7/h9-17,22,25,27H,1,18-19H2,2-8H3,(H,36,40)/t22-,25+,27-/m1/s1. The third kappa shape index (κ3) is 7.49. The number of benzene rings is 2. The minimum Gasteiger partial charge on any atom is -0.471 e. The minimum absolute atomic E-state index is 0.0713. The van der Waals surface area contributed by atoms with Gasteiger partial charge in [-0.15, -0.1) is 0 Å². The molecule has 2 amide bonds. The number of nitrogens with one attached hydrogen (secondary N) is 1. The summed E-state index contributed by atoms with van der Waals surface area (Å²) < 4.78 is 16.9. The second kappa shape index (κ2) is 12.4. The zero-order chi connectivity index (χ0) is 31.5. The molecule has 3 atom stereocenters. The van der Waals surface area contributed by atoms with Gasteiger partial charge < -0.3 is 24.4 Å². The Hall–Kier alpha value is -4.47. The van der Waals surface area contributed by atoms with Gasteiger partial charge in [0.15, 0.2) is 0 Å². The number of esters is 1. The number of likely N-dealkylation sites (tertiary alicyclic amines) is 1. The highest BCUT2D eigenvalue weighted by Gasteiger charge is 2.46. The summed E-state index contributed by atoms with van der Waals surface area (Å²) in [6.45, 7) is 14.7. The van der Waals surface area contributed by atoms with Gasteiger partial charge in [0.25, 0.3) is 0 Å². The van der Waals surface area contributed by atoms with Crippen molar-refractivity contribution in [2.45, 2.75) is 71.8 Å². The Morgan fingerprint density at radius 1 is 1.02 bits per heavy atom. The lowest BCUT2D eigenvalue weighted by Gasteiger charge is -2.35. The number of amides is 2. The third-order valence-electron chi connectivity index (χ3n) is 7.01. The van der Waals surface area contributed by atoms with Gasteiger partial charge in [-0.2, -0.15) is 0 Å². The van der Waals surface area contributed by atoms with Crippen molar-refractivity contribution in [3.63, 3.8) is 0 Å². The van der Waals surface area contributed by atoms with Crippen molar-refractivity contribution >= 4 is 35.1 Å². The van der Waals surface area contributed by atoms with E-state index in [0.29, 0.717) is 16.7 Å². The van der Waals surface area contributed by atoms with E-state index in [0.717, 1.165) is 11.1 Å². The number of nitrogens with zero attached hydrogens (tertiary/aromatic N) is 3. The lowest BCUT2D eigenvalue weighted by atomic mass is 9.85. The Kier molecular flexibility index (Phi) is 9.08. The molecule has 1 aromatic heterocycles. The molecule has 1 fully saturated rings. The van der Waals surface area contributed by atoms with E-state index < -0.39 is 47.2 Å². The molecule has 0 bridgehead atoms. The summed E-state index contributed by atoms with van der Waals surface area (Å²) in [7, 11) is 1.28. The summed E-state index contributed by atoms with van der Waals surface area (Å²) in [5, 5.41) is 2.72. The van der Waals surface area contributed by atoms with Crippen LogP contribution in [0, 0.1) is 5.41 Å². The van der Waals surface area contributed by atoms with Crippen LogP contribution in [-0.4, -0.2) is 70.3 Å². The number of hydrogen-bond acceptors (Lipinski definition) is 8. The molecule has 1 saturated heterocycles. The third-order valence-corrected chi connectivity index (χ3v) is 7.01. The van der Waals surface area contributed by atoms with Crippen LogP contribution < -0.4 is 10.1 Å². The van der Waals surface area contributed by atoms with Crippen LogP contribution in [0.3, 0.4) is 0 Å². The predicted molar refractivity (Wildman–Crippen MR) is 164 cm³/mol. The lowest BCUT2D eigenvalue weighted by molar-refractivity contribution is -0.152. The predicted octanol–water partition coefficient (Wildman–Crippen LogP) is 5.40. The molecule has 1 aliphatic heterocycles. The second-order valence-electron chi connectivity index (χ2n) is 12.6. The van der Waals surface area contributed by atoms with E-state index in [1.54, 1.807) is 26.8 Å². The maximum absolute atomic E-state index is 14.0. The first-order valence-electron chi connectivity index (χ1n) is 14.2. The van der Waals surface area contributed by atoms with E-state index in [1.165, 1.54) is 12.0 Å². The number of ether oxygens (including phenoxy) is 3. The number of methoxy groups -OCH3 is 1. The van der Waals surface area contributed by atoms with Gasteiger partial charge in [-0.05, 0) is 49.9 Å². The van der Waals surface area contributed by atoms with Crippen LogP contribution in [-0.2, 0) is 19.1 Å². The summed E-state index contributed by atoms with van der Waals surface area (Å²) in [6, 6.07) is 13.3. The Labute approximate surface area is 252 Å². The molecule has 2 aromatic carbocycles. The average Bonchev–Trinajstić information content (AvgIpc) is 3.37. The van der Waals surface area contributed by atoms with Gasteiger partial charge in [0.1, 0.15) is 29.5 Å². The highest BCUT2D eigenvalue weighted by molar-refractivity contribution is 5.91. The molecule has 4 rings (SSSR count). The number of aromatic nitrogens is 2. The van der Waals surface area contributed by atoms with Gasteiger partial charge in [0.05, 0.1) is 24.7 Å². The van der Waals surface area contributed by atoms with Gasteiger partial charge in [0, 0.05) is 12.0 Å². The van der Waals surface area contributed by atoms with Gasteiger partial charge in [0.2, 0.25) is 11.8 Å². The first-order valence-corrected chi connectivity index (χ1v) is 14.2. The molecular formula is C33H40N4O6. The Morgan fingerprint density at radius 2 is 1.70 bits per heavy atom. The van der Waals surface area contributed by atoms with Crippen LogP contribution in [0.1, 0.15) is 53.5 Å². The van der Waals surface area contributed by atoms with Crippen LogP contribution in [0.15, 0.2) is 55.1 Å². The maximum atomic E-state index is 14.0. The number of alkyl carbamates (subject to hydrolysis) is 1. The Bertz CT molecular complexity index is 1520. The zero-order valence-corrected chi connectivity index (χ0v) is 25.8. The molecule has 0 aliphatic carbocycles. The van der Waals surface area contributed by atoms with E-state index in [-0.39, 0.29) is 18.8 Å². The summed E-state index contributed by atoms with van der Waals surface area (Å²) in [5.41, 5.74) is 2.13. The van der Waals surface area contributed by atoms with E-state index in [1.807, 2.05) is 69.3 Å². The van der Waals surface area contributed by atoms with Crippen molar-refractivity contribution in [1.82, 2.24) is 20.2 Å². The quantitative estimate of drug-likeness (QED) is 0.365. The molecule has 0 unspecified atom stereocenters. The van der Waals surface area contributed by atoms with Crippen LogP contribution in [0.4, 0.5) is 4.79 Å². The second-order valence-corrected chi connectivity index (χ2v) is 12.6. The molecule has 228 valence electrons. The van der Waals surface area contributed by atoms with Crippen LogP contribution in [0.5, 0.6) is 5.88 Å². The van der Waals surface area contributed by atoms with Gasteiger partial charge in [-0.25, -0.2) is 19.6 Å². The molecule has 3 aromatic rings. The number of fused-ring (bicyclic) bond motifs is 1. The van der Waals surface area contributed by atoms with Crippen LogP contribution >= 0.6 is 0 Å². The Morgan fingerprint density at radius 3 is 2.30 bits per heavy atom. The molecule has 0 radical (unpaired) electrons. The van der Waals surface area contributed by atoms with Crippen LogP contribution in [0.2, 0.25) is 0 Å². The summed E-state index contributed by atoms with van der Waals surface area (Å²) in [5.74, 6) is -0.738. The van der Waals surface area contributed by atoms with Gasteiger partial charge in [-0.1, -0.05) is 63.8 Å². The zero-order valence-electron chi connectivity index (χ0n) is 25.8. The van der Waals surface area contributed by atoms with Crippen molar-refractivity contribution in [3.8, 4) is 17.1 Å². The van der Waals surface area contributed by atoms with Crippen LogP contribution in [0.25, 0.3) is 28.4 Å². The molecular weight excluding hydrogens is 548 g/mol. The molecule has 10 nitrogen and oxygen atoms in total. The summed E-state index contributed by atoms with van der Waals surface area (Å²) in [6.07, 6.45) is 0.589. The van der Waals surface area contributed by atoms with E-state index >= 15 is 0 Å². The van der Waals surface area contributed by atoms with Crippen molar-refractivity contribution in [2.24, 2.45) is 5.41 Å². The molecule has 2 heterocycles. The highest BCUT2D eigenvalue weighted by Crippen LogP contribution is 2.33. The largest absolute Gasteiger partial charge is 0.471 e. The summed E-state index contributed by atoms with van der Waals surface area (Å²) >= 11 is 0. The monoisotopic (exact) mass is 588 g/mol. The normalized spacial score (nSPS) is 17.7. The van der Waals surface area contributed by atoms with Gasteiger partial charge in [-0.3, -0.25) is 4.79 Å². The molecule has 0 saturated carbocycles. The van der Waals surface area contributed by atoms with E-state index in [9.17, 15) is 14.4 Å². The number of hydrogen-bond donors (Lipinski definition) is 1. The van der Waals surface area contributed by atoms with Crippen molar-refractivity contribution in [1.29, 1.82) is 0 Å². The fraction of sp³-hybridized carbons (Fsp3) is 0.424. The number of rotatable bonds is 7. The first kappa shape index (κ1) is 31.5. The lowest BCUT2D eigenvalue weighted by Crippen LogP contribution is -2.57. The summed E-state index contributed by atoms with van der Waals surface area (Å²) in [4.78, 5) is 50.7. The van der Waals surface area contributed by atoms with Gasteiger partial charge >= 0.3 is 12.1 Å². The first-order chi connectivity index (χ1) is 20.2. The highest BCUT2D eigenvalue weighted by atomic mass is 16.6. The smallest absolute Gasteiger partial charge is 0.408 e. The number of para-hydroxylation sites is 2. The molecule has 10 heteroatoms. The number of carbonyl (C=O) groups excluding carboxylic acids is 3. The topological polar surface area (TPSA) is 120 Å². The van der Waals surface area contributed by atoms with E-state index in [2.05, 4.69) is 11.9 Å². The molecule has 0 spiro atoms. The fourth-order valence-electron chi connectivity index (χ4n) is 4.95. The van der Waals surface area contributed by atoms with Crippen molar-refractivity contribution in [2.75, 3.05) is 13.7 Å². The SMILES string of the molecule is C=Cc1cccc(-c2nc3ccccc3nc2O[C@@H]2C[C@@H](C(=O)OC)N(C(=O)[C@@H](NC(=O)OC(C)(C)C)C(C)(C)C)C2)c1. The minimum atomic E-state index is -0.981. The van der Waals surface area contributed by atoms with Crippen molar-refractivity contribution < 1.29 is 28.6 Å². The number of carbonyl (C=O) groups is 3. The average molecular weight is 589 g/mol. The Balaban J connectivity index is 1.67.